The van der Waals surface area contributed by atoms with Gasteiger partial charge < -0.3 is 5.32 Å². The van der Waals surface area contributed by atoms with Gasteiger partial charge in [-0.3, -0.25) is 0 Å². The Morgan fingerprint density at radius 3 is 2.56 bits per heavy atom. The topological polar surface area (TPSA) is 58.2 Å². The highest BCUT2D eigenvalue weighted by molar-refractivity contribution is 7.89. The Morgan fingerprint density at radius 1 is 1.31 bits per heavy atom. The number of sulfonamides is 1. The van der Waals surface area contributed by atoms with Crippen LogP contribution in [0.5, 0.6) is 0 Å². The third kappa shape index (κ3) is 6.45. The average molecular weight is 248 g/mol. The second-order valence-corrected chi connectivity index (χ2v) is 6.55. The summed E-state index contributed by atoms with van der Waals surface area (Å²) in [5.74, 6) is 0.254. The molecule has 0 heterocycles. The minimum absolute atomic E-state index is 0.0505. The second kappa shape index (κ2) is 6.57. The predicted molar refractivity (Wildman–Crippen MR) is 66.9 cm³/mol. The molecule has 0 amide bonds. The zero-order valence-electron chi connectivity index (χ0n) is 10.3. The van der Waals surface area contributed by atoms with E-state index in [1.807, 2.05) is 13.8 Å². The molecule has 16 heavy (non-hydrogen) atoms. The van der Waals surface area contributed by atoms with Gasteiger partial charge >= 0.3 is 0 Å². The minimum Gasteiger partial charge on any atom is -0.314 e. The van der Waals surface area contributed by atoms with Crippen molar-refractivity contribution in [1.29, 1.82) is 0 Å². The Kier molecular flexibility index (Phi) is 5.72. The smallest absolute Gasteiger partial charge is 0.211 e. The number of nitrogens with one attached hydrogen (secondary N) is 2. The third-order valence-corrected chi connectivity index (χ3v) is 4.43. The van der Waals surface area contributed by atoms with Crippen molar-refractivity contribution in [2.45, 2.75) is 58.0 Å². The van der Waals surface area contributed by atoms with Crippen LogP contribution in [-0.2, 0) is 10.0 Å². The van der Waals surface area contributed by atoms with Crippen LogP contribution in [0.3, 0.4) is 0 Å². The van der Waals surface area contributed by atoms with Crippen LogP contribution in [0, 0.1) is 0 Å². The summed E-state index contributed by atoms with van der Waals surface area (Å²) in [6.07, 6.45) is 5.09. The second-order valence-electron chi connectivity index (χ2n) is 4.68. The fourth-order valence-corrected chi connectivity index (χ4v) is 2.94. The molecule has 0 saturated heterocycles. The van der Waals surface area contributed by atoms with E-state index in [4.69, 9.17) is 0 Å². The van der Waals surface area contributed by atoms with Gasteiger partial charge in [0.05, 0.1) is 5.75 Å². The lowest BCUT2D eigenvalue weighted by atomic mass is 10.3. The Labute approximate surface area is 99.2 Å². The van der Waals surface area contributed by atoms with E-state index in [1.54, 1.807) is 0 Å². The van der Waals surface area contributed by atoms with Crippen LogP contribution in [-0.4, -0.2) is 32.8 Å². The summed E-state index contributed by atoms with van der Waals surface area (Å²) < 4.78 is 25.8. The van der Waals surface area contributed by atoms with E-state index in [9.17, 15) is 8.42 Å². The molecule has 1 unspecified atom stereocenters. The monoisotopic (exact) mass is 248 g/mol. The van der Waals surface area contributed by atoms with Crippen LogP contribution in [0.15, 0.2) is 0 Å². The zero-order valence-corrected chi connectivity index (χ0v) is 11.1. The quantitative estimate of drug-likeness (QED) is 0.604. The summed E-state index contributed by atoms with van der Waals surface area (Å²) in [5.41, 5.74) is 0. The molecule has 1 aliphatic carbocycles. The van der Waals surface area contributed by atoms with Gasteiger partial charge in [-0.25, -0.2) is 13.1 Å². The van der Waals surface area contributed by atoms with Gasteiger partial charge in [0.1, 0.15) is 0 Å². The van der Waals surface area contributed by atoms with Crippen molar-refractivity contribution >= 4 is 10.0 Å². The van der Waals surface area contributed by atoms with Gasteiger partial charge in [0.15, 0.2) is 0 Å². The van der Waals surface area contributed by atoms with Crippen molar-refractivity contribution < 1.29 is 8.42 Å². The fraction of sp³-hybridized carbons (Fsp3) is 1.00. The van der Waals surface area contributed by atoms with E-state index in [1.165, 1.54) is 12.8 Å². The highest BCUT2D eigenvalue weighted by Gasteiger charge is 2.19. The molecular formula is C11H24N2O2S. The number of unbranched alkanes of at least 4 members (excludes halogenated alkanes) is 1. The molecule has 0 spiro atoms. The van der Waals surface area contributed by atoms with Crippen LogP contribution < -0.4 is 10.0 Å². The Bertz CT molecular complexity index is 286. The molecule has 0 aromatic heterocycles. The lowest BCUT2D eigenvalue weighted by Gasteiger charge is -2.11. The summed E-state index contributed by atoms with van der Waals surface area (Å²) in [5, 5.41) is 3.38. The summed E-state index contributed by atoms with van der Waals surface area (Å²) in [6, 6.07) is 0.768. The van der Waals surface area contributed by atoms with Crippen molar-refractivity contribution in [3.63, 3.8) is 0 Å². The van der Waals surface area contributed by atoms with E-state index in [0.717, 1.165) is 31.8 Å². The SMILES string of the molecule is CCC(C)NS(=O)(=O)CCCCNC1CC1. The van der Waals surface area contributed by atoms with Crippen LogP contribution in [0.25, 0.3) is 0 Å². The standard InChI is InChI=1S/C11H24N2O2S/c1-3-10(2)13-16(14,15)9-5-4-8-12-11-6-7-11/h10-13H,3-9H2,1-2H3. The molecule has 0 radical (unpaired) electrons. The molecule has 2 N–H and O–H groups in total. The maximum atomic E-state index is 11.6. The predicted octanol–water partition coefficient (Wildman–Crippen LogP) is 1.24. The third-order valence-electron chi connectivity index (χ3n) is 2.84. The maximum absolute atomic E-state index is 11.6. The summed E-state index contributed by atoms with van der Waals surface area (Å²) in [7, 11) is -3.06. The first-order chi connectivity index (χ1) is 7.53. The highest BCUT2D eigenvalue weighted by Crippen LogP contribution is 2.18. The molecule has 5 heteroatoms. The first-order valence-electron chi connectivity index (χ1n) is 6.27. The average Bonchev–Trinajstić information content (AvgIpc) is 3.00. The zero-order chi connectivity index (χ0) is 12.0. The lowest BCUT2D eigenvalue weighted by molar-refractivity contribution is 0.550. The van der Waals surface area contributed by atoms with Crippen molar-refractivity contribution in [3.8, 4) is 0 Å². The van der Waals surface area contributed by atoms with Gasteiger partial charge in [0, 0.05) is 12.1 Å². The number of hydrogen-bond donors (Lipinski definition) is 2. The van der Waals surface area contributed by atoms with Crippen molar-refractivity contribution in [2.24, 2.45) is 0 Å². The molecular weight excluding hydrogens is 224 g/mol. The molecule has 0 aromatic carbocycles. The molecule has 0 bridgehead atoms. The van der Waals surface area contributed by atoms with Gasteiger partial charge in [-0.15, -0.1) is 0 Å². The Balaban J connectivity index is 2.04. The molecule has 1 saturated carbocycles. The van der Waals surface area contributed by atoms with Gasteiger partial charge in [0.25, 0.3) is 0 Å². The van der Waals surface area contributed by atoms with Gasteiger partial charge in [-0.2, -0.15) is 0 Å². The normalized spacial score (nSPS) is 18.6. The largest absolute Gasteiger partial charge is 0.314 e. The summed E-state index contributed by atoms with van der Waals surface area (Å²) >= 11 is 0. The van der Waals surface area contributed by atoms with Crippen molar-refractivity contribution in [2.75, 3.05) is 12.3 Å². The minimum atomic E-state index is -3.06. The molecule has 1 fully saturated rings. The molecule has 1 aliphatic rings. The lowest BCUT2D eigenvalue weighted by Crippen LogP contribution is -2.34. The van der Waals surface area contributed by atoms with E-state index in [0.29, 0.717) is 0 Å². The van der Waals surface area contributed by atoms with Crippen LogP contribution in [0.4, 0.5) is 0 Å². The van der Waals surface area contributed by atoms with E-state index in [2.05, 4.69) is 10.0 Å². The first-order valence-corrected chi connectivity index (χ1v) is 7.92. The molecule has 1 atom stereocenters. The molecule has 0 aromatic rings. The summed E-state index contributed by atoms with van der Waals surface area (Å²) in [4.78, 5) is 0. The first kappa shape index (κ1) is 13.9. The van der Waals surface area contributed by atoms with Crippen LogP contribution >= 0.6 is 0 Å². The number of hydrogen-bond acceptors (Lipinski definition) is 3. The Morgan fingerprint density at radius 2 is 2.00 bits per heavy atom. The van der Waals surface area contributed by atoms with Crippen molar-refractivity contribution in [1.82, 2.24) is 10.0 Å². The van der Waals surface area contributed by atoms with E-state index in [-0.39, 0.29) is 11.8 Å². The van der Waals surface area contributed by atoms with Gasteiger partial charge in [-0.1, -0.05) is 6.92 Å². The van der Waals surface area contributed by atoms with Crippen molar-refractivity contribution in [3.05, 3.63) is 0 Å². The highest BCUT2D eigenvalue weighted by atomic mass is 32.2. The molecule has 0 aliphatic heterocycles. The van der Waals surface area contributed by atoms with Gasteiger partial charge in [0.2, 0.25) is 10.0 Å². The molecule has 1 rings (SSSR count). The molecule has 96 valence electrons. The maximum Gasteiger partial charge on any atom is 0.211 e. The number of rotatable bonds is 9. The van der Waals surface area contributed by atoms with E-state index < -0.39 is 10.0 Å². The van der Waals surface area contributed by atoms with Crippen LogP contribution in [0.2, 0.25) is 0 Å². The molecule has 4 nitrogen and oxygen atoms in total. The Hall–Kier alpha value is -0.130. The van der Waals surface area contributed by atoms with E-state index >= 15 is 0 Å². The summed E-state index contributed by atoms with van der Waals surface area (Å²) in [6.45, 7) is 4.82. The fourth-order valence-electron chi connectivity index (χ4n) is 1.46. The van der Waals surface area contributed by atoms with Crippen LogP contribution in [0.1, 0.15) is 46.0 Å². The van der Waals surface area contributed by atoms with Gasteiger partial charge in [-0.05, 0) is 45.6 Å².